The maximum atomic E-state index is 12.7. The quantitative estimate of drug-likeness (QED) is 0.816. The molecule has 2 aliphatic heterocycles. The summed E-state index contributed by atoms with van der Waals surface area (Å²) >= 11 is 0. The molecular formula is C21H26N4O3. The van der Waals surface area contributed by atoms with Gasteiger partial charge in [0.1, 0.15) is 5.82 Å². The number of furan rings is 1. The van der Waals surface area contributed by atoms with Gasteiger partial charge in [0.05, 0.1) is 11.8 Å². The van der Waals surface area contributed by atoms with Gasteiger partial charge >= 0.3 is 0 Å². The van der Waals surface area contributed by atoms with Crippen LogP contribution in [-0.4, -0.2) is 65.9 Å². The van der Waals surface area contributed by atoms with Gasteiger partial charge in [0.25, 0.3) is 11.8 Å². The van der Waals surface area contributed by atoms with Gasteiger partial charge in [-0.2, -0.15) is 0 Å². The van der Waals surface area contributed by atoms with E-state index >= 15 is 0 Å². The number of hydrogen-bond acceptors (Lipinski definition) is 5. The Labute approximate surface area is 164 Å². The molecule has 0 spiro atoms. The topological polar surface area (TPSA) is 69.9 Å². The van der Waals surface area contributed by atoms with Crippen molar-refractivity contribution in [1.29, 1.82) is 0 Å². The van der Waals surface area contributed by atoms with Crippen LogP contribution >= 0.6 is 0 Å². The van der Waals surface area contributed by atoms with Crippen LogP contribution in [0.4, 0.5) is 5.82 Å². The lowest BCUT2D eigenvalue weighted by molar-refractivity contribution is 0.0681. The van der Waals surface area contributed by atoms with Gasteiger partial charge in [-0.3, -0.25) is 9.59 Å². The van der Waals surface area contributed by atoms with Crippen molar-refractivity contribution < 1.29 is 14.0 Å². The van der Waals surface area contributed by atoms with E-state index in [-0.39, 0.29) is 11.8 Å². The van der Waals surface area contributed by atoms with E-state index in [0.29, 0.717) is 43.4 Å². The molecule has 7 nitrogen and oxygen atoms in total. The monoisotopic (exact) mass is 382 g/mol. The Morgan fingerprint density at radius 2 is 1.86 bits per heavy atom. The molecule has 2 aromatic heterocycles. The second-order valence-corrected chi connectivity index (χ2v) is 7.66. The molecular weight excluding hydrogens is 356 g/mol. The first kappa shape index (κ1) is 18.5. The normalized spacial score (nSPS) is 20.3. The average molecular weight is 382 g/mol. The van der Waals surface area contributed by atoms with E-state index in [1.807, 2.05) is 17.0 Å². The van der Waals surface area contributed by atoms with Crippen LogP contribution in [0.25, 0.3) is 0 Å². The van der Waals surface area contributed by atoms with Crippen molar-refractivity contribution in [3.8, 4) is 0 Å². The highest BCUT2D eigenvalue weighted by molar-refractivity contribution is 5.94. The molecule has 1 atom stereocenters. The number of carbonyl (C=O) groups excluding carboxylic acids is 2. The first-order chi connectivity index (χ1) is 13.6. The predicted octanol–water partition coefficient (Wildman–Crippen LogP) is 2.51. The van der Waals surface area contributed by atoms with Gasteiger partial charge in [-0.05, 0) is 43.0 Å². The van der Waals surface area contributed by atoms with Crippen molar-refractivity contribution >= 4 is 17.6 Å². The fourth-order valence-corrected chi connectivity index (χ4v) is 3.95. The van der Waals surface area contributed by atoms with Crippen LogP contribution in [-0.2, 0) is 0 Å². The molecule has 2 aliphatic rings. The number of likely N-dealkylation sites (tertiary alicyclic amines) is 1. The van der Waals surface area contributed by atoms with E-state index in [1.165, 1.54) is 12.7 Å². The lowest BCUT2D eigenvalue weighted by atomic mass is 10.00. The molecule has 28 heavy (non-hydrogen) atoms. The number of nitrogens with zero attached hydrogens (tertiary/aromatic N) is 4. The van der Waals surface area contributed by atoms with Gasteiger partial charge in [-0.1, -0.05) is 6.92 Å². The van der Waals surface area contributed by atoms with Crippen LogP contribution in [0.15, 0.2) is 41.1 Å². The SMILES string of the molecule is CC1CCCN(C(=O)c2ccc(N3CCN(C(=O)c4ccco4)CC3)nc2)C1. The summed E-state index contributed by atoms with van der Waals surface area (Å²) in [5, 5.41) is 0. The zero-order valence-corrected chi connectivity index (χ0v) is 16.2. The lowest BCUT2D eigenvalue weighted by Crippen LogP contribution is -2.49. The van der Waals surface area contributed by atoms with E-state index < -0.39 is 0 Å². The van der Waals surface area contributed by atoms with Gasteiger partial charge in [0.15, 0.2) is 5.76 Å². The van der Waals surface area contributed by atoms with Crippen molar-refractivity contribution in [3.63, 3.8) is 0 Å². The van der Waals surface area contributed by atoms with Crippen LogP contribution in [0.1, 0.15) is 40.7 Å². The van der Waals surface area contributed by atoms with Crippen LogP contribution in [0.2, 0.25) is 0 Å². The van der Waals surface area contributed by atoms with E-state index in [0.717, 1.165) is 25.3 Å². The summed E-state index contributed by atoms with van der Waals surface area (Å²) in [6.07, 6.45) is 5.45. The van der Waals surface area contributed by atoms with Gasteiger partial charge in [0.2, 0.25) is 0 Å². The number of amides is 2. The Bertz CT molecular complexity index is 811. The molecule has 2 amide bonds. The summed E-state index contributed by atoms with van der Waals surface area (Å²) in [6.45, 7) is 6.49. The predicted molar refractivity (Wildman–Crippen MR) is 105 cm³/mol. The Morgan fingerprint density at radius 1 is 1.04 bits per heavy atom. The second kappa shape index (κ2) is 8.04. The van der Waals surface area contributed by atoms with Gasteiger partial charge in [0, 0.05) is 45.5 Å². The van der Waals surface area contributed by atoms with Gasteiger partial charge < -0.3 is 19.1 Å². The number of carbonyl (C=O) groups is 2. The van der Waals surface area contributed by atoms with E-state index in [4.69, 9.17) is 4.42 Å². The number of hydrogen-bond donors (Lipinski definition) is 0. The third kappa shape index (κ3) is 3.88. The fraction of sp³-hybridized carbons (Fsp3) is 0.476. The largest absolute Gasteiger partial charge is 0.459 e. The number of anilines is 1. The molecule has 0 aromatic carbocycles. The Balaban J connectivity index is 1.34. The molecule has 0 N–H and O–H groups in total. The Hall–Kier alpha value is -2.83. The fourth-order valence-electron chi connectivity index (χ4n) is 3.95. The molecule has 4 rings (SSSR count). The van der Waals surface area contributed by atoms with E-state index in [2.05, 4.69) is 16.8 Å². The van der Waals surface area contributed by atoms with Crippen molar-refractivity contribution in [1.82, 2.24) is 14.8 Å². The van der Waals surface area contributed by atoms with E-state index in [1.54, 1.807) is 23.2 Å². The van der Waals surface area contributed by atoms with E-state index in [9.17, 15) is 9.59 Å². The summed E-state index contributed by atoms with van der Waals surface area (Å²) in [5.74, 6) is 1.77. The van der Waals surface area contributed by atoms with Crippen LogP contribution < -0.4 is 4.90 Å². The highest BCUT2D eigenvalue weighted by Gasteiger charge is 2.25. The van der Waals surface area contributed by atoms with Crippen LogP contribution in [0.5, 0.6) is 0 Å². The summed E-state index contributed by atoms with van der Waals surface area (Å²) in [4.78, 5) is 35.4. The third-order valence-electron chi connectivity index (χ3n) is 5.56. The zero-order valence-electron chi connectivity index (χ0n) is 16.2. The molecule has 1 unspecified atom stereocenters. The molecule has 4 heterocycles. The first-order valence-electron chi connectivity index (χ1n) is 9.95. The second-order valence-electron chi connectivity index (χ2n) is 7.66. The molecule has 2 aromatic rings. The minimum Gasteiger partial charge on any atom is -0.459 e. The van der Waals surface area contributed by atoms with Gasteiger partial charge in [-0.15, -0.1) is 0 Å². The minimum atomic E-state index is -0.0747. The van der Waals surface area contributed by atoms with Gasteiger partial charge in [-0.25, -0.2) is 4.98 Å². The molecule has 148 valence electrons. The lowest BCUT2D eigenvalue weighted by Gasteiger charge is -2.35. The van der Waals surface area contributed by atoms with Crippen LogP contribution in [0, 0.1) is 5.92 Å². The molecule has 2 fully saturated rings. The number of piperidine rings is 1. The van der Waals surface area contributed by atoms with Crippen molar-refractivity contribution in [2.75, 3.05) is 44.2 Å². The smallest absolute Gasteiger partial charge is 0.289 e. The Kier molecular flexibility index (Phi) is 5.32. The highest BCUT2D eigenvalue weighted by atomic mass is 16.3. The standard InChI is InChI=1S/C21H26N4O3/c1-16-4-2-8-25(15-16)20(26)17-6-7-19(22-14-17)23-9-11-24(12-10-23)21(27)18-5-3-13-28-18/h3,5-7,13-14,16H,2,4,8-12,15H2,1H3. The highest BCUT2D eigenvalue weighted by Crippen LogP contribution is 2.20. The molecule has 0 radical (unpaired) electrons. The summed E-state index contributed by atoms with van der Waals surface area (Å²) < 4.78 is 5.20. The maximum absolute atomic E-state index is 12.7. The molecule has 7 heteroatoms. The summed E-state index contributed by atoms with van der Waals surface area (Å²) in [5.41, 5.74) is 0.643. The summed E-state index contributed by atoms with van der Waals surface area (Å²) in [7, 11) is 0. The molecule has 0 aliphatic carbocycles. The molecule has 0 bridgehead atoms. The Morgan fingerprint density at radius 3 is 2.50 bits per heavy atom. The zero-order chi connectivity index (χ0) is 19.5. The first-order valence-corrected chi connectivity index (χ1v) is 9.95. The molecule has 0 saturated carbocycles. The third-order valence-corrected chi connectivity index (χ3v) is 5.56. The number of piperazine rings is 1. The summed E-state index contributed by atoms with van der Waals surface area (Å²) in [6, 6.07) is 7.19. The maximum Gasteiger partial charge on any atom is 0.289 e. The average Bonchev–Trinajstić information content (AvgIpc) is 3.28. The number of rotatable bonds is 3. The van der Waals surface area contributed by atoms with Crippen molar-refractivity contribution in [2.24, 2.45) is 5.92 Å². The van der Waals surface area contributed by atoms with Crippen LogP contribution in [0.3, 0.4) is 0 Å². The minimum absolute atomic E-state index is 0.0689. The van der Waals surface area contributed by atoms with Crippen molar-refractivity contribution in [3.05, 3.63) is 48.0 Å². The van der Waals surface area contributed by atoms with Crippen molar-refractivity contribution in [2.45, 2.75) is 19.8 Å². The number of aromatic nitrogens is 1. The molecule has 2 saturated heterocycles. The number of pyridine rings is 1.